The molecule has 0 radical (unpaired) electrons. The molecule has 0 saturated carbocycles. The number of hydrogen-bond donors (Lipinski definition) is 2. The first-order valence-corrected chi connectivity index (χ1v) is 16.6. The van der Waals surface area contributed by atoms with E-state index in [1.165, 1.54) is 11.8 Å². The second kappa shape index (κ2) is 15.3. The molecule has 48 heavy (non-hydrogen) atoms. The zero-order valence-corrected chi connectivity index (χ0v) is 29.3. The van der Waals surface area contributed by atoms with E-state index in [-0.39, 0.29) is 31.5 Å². The Kier molecular flexibility index (Phi) is 11.6. The Hall–Kier alpha value is -4.32. The van der Waals surface area contributed by atoms with E-state index in [1.807, 2.05) is 75.4 Å². The summed E-state index contributed by atoms with van der Waals surface area (Å²) in [5.41, 5.74) is 1.31. The molecule has 0 aromatic heterocycles. The maximum Gasteiger partial charge on any atom is 0.411 e. The Morgan fingerprint density at radius 3 is 2.04 bits per heavy atom. The molecule has 262 valence electrons. The summed E-state index contributed by atoms with van der Waals surface area (Å²) in [5.74, 6) is -0.794. The number of hydrogen-bond acceptors (Lipinski definition) is 8. The Labute approximate surface area is 283 Å². The van der Waals surface area contributed by atoms with Crippen molar-refractivity contribution in [1.82, 2.24) is 20.0 Å². The van der Waals surface area contributed by atoms with Gasteiger partial charge in [-0.2, -0.15) is 0 Å². The van der Waals surface area contributed by atoms with Crippen LogP contribution in [0.3, 0.4) is 0 Å². The molecule has 0 aliphatic carbocycles. The van der Waals surface area contributed by atoms with E-state index < -0.39 is 41.4 Å². The van der Waals surface area contributed by atoms with Crippen LogP contribution in [0.4, 0.5) is 15.3 Å². The largest absolute Gasteiger partial charge is 0.444 e. The van der Waals surface area contributed by atoms with Crippen molar-refractivity contribution in [3.8, 4) is 0 Å². The topological polar surface area (TPSA) is 132 Å². The SMILES string of the molecule is CC(=O)N[C@@H](Cc1cccc(N2CCN(C(=O)OC(C)(C)C)CC2)c1)[C@H](O)[C@H]1C(=O)N(Cc2ccccc2)CCN1C(=O)OC(C)(C)C. The number of carbonyl (C=O) groups excluding carboxylic acids is 4. The lowest BCUT2D eigenvalue weighted by molar-refractivity contribution is -0.149. The minimum Gasteiger partial charge on any atom is -0.444 e. The molecule has 2 N–H and O–H groups in total. The van der Waals surface area contributed by atoms with E-state index in [2.05, 4.69) is 10.2 Å². The average Bonchev–Trinajstić information content (AvgIpc) is 3.00. The van der Waals surface area contributed by atoms with Gasteiger partial charge in [-0.05, 0) is 71.2 Å². The van der Waals surface area contributed by atoms with Gasteiger partial charge in [-0.15, -0.1) is 0 Å². The van der Waals surface area contributed by atoms with Crippen LogP contribution in [0.25, 0.3) is 0 Å². The van der Waals surface area contributed by atoms with Gasteiger partial charge < -0.3 is 34.6 Å². The second-order valence-electron chi connectivity index (χ2n) is 14.5. The minimum atomic E-state index is -1.44. The summed E-state index contributed by atoms with van der Waals surface area (Å²) in [4.78, 5) is 59.2. The highest BCUT2D eigenvalue weighted by atomic mass is 16.6. The van der Waals surface area contributed by atoms with Crippen LogP contribution >= 0.6 is 0 Å². The molecule has 2 aromatic carbocycles. The first-order chi connectivity index (χ1) is 22.5. The van der Waals surface area contributed by atoms with E-state index in [0.717, 1.165) is 16.8 Å². The van der Waals surface area contributed by atoms with Gasteiger partial charge in [0.2, 0.25) is 11.8 Å². The van der Waals surface area contributed by atoms with Gasteiger partial charge in [0.1, 0.15) is 23.3 Å². The van der Waals surface area contributed by atoms with Crippen molar-refractivity contribution in [2.45, 2.75) is 90.8 Å². The summed E-state index contributed by atoms with van der Waals surface area (Å²) < 4.78 is 11.2. The maximum atomic E-state index is 14.1. The van der Waals surface area contributed by atoms with E-state index in [0.29, 0.717) is 32.7 Å². The van der Waals surface area contributed by atoms with E-state index in [1.54, 1.807) is 30.6 Å². The third kappa shape index (κ3) is 10.1. The lowest BCUT2D eigenvalue weighted by Crippen LogP contribution is -2.66. The molecule has 0 unspecified atom stereocenters. The number of piperazine rings is 2. The summed E-state index contributed by atoms with van der Waals surface area (Å²) in [7, 11) is 0. The Morgan fingerprint density at radius 2 is 1.44 bits per heavy atom. The van der Waals surface area contributed by atoms with Crippen molar-refractivity contribution in [1.29, 1.82) is 0 Å². The molecule has 3 atom stereocenters. The van der Waals surface area contributed by atoms with Crippen LogP contribution in [0, 0.1) is 0 Å². The van der Waals surface area contributed by atoms with Crippen molar-refractivity contribution >= 4 is 29.7 Å². The molecule has 2 fully saturated rings. The number of carbonyl (C=O) groups is 4. The quantitative estimate of drug-likeness (QED) is 0.436. The van der Waals surface area contributed by atoms with Crippen molar-refractivity contribution in [2.24, 2.45) is 0 Å². The summed E-state index contributed by atoms with van der Waals surface area (Å²) >= 11 is 0. The van der Waals surface area contributed by atoms with Gasteiger partial charge in [-0.1, -0.05) is 42.5 Å². The third-order valence-corrected chi connectivity index (χ3v) is 8.14. The Morgan fingerprint density at radius 1 is 0.833 bits per heavy atom. The number of ether oxygens (including phenoxy) is 2. The third-order valence-electron chi connectivity index (χ3n) is 8.14. The molecular formula is C36H51N5O7. The highest BCUT2D eigenvalue weighted by Gasteiger charge is 2.46. The predicted octanol–water partition coefficient (Wildman–Crippen LogP) is 3.80. The standard InChI is InChI=1S/C36H51N5O7/c1-25(42)37-29(23-27-14-11-15-28(22-27)38-16-18-39(19-17-38)33(45)47-35(2,3)4)31(43)30-32(44)40(24-26-12-9-8-10-13-26)20-21-41(30)34(46)48-36(5,6)7/h8-15,22,29-31,43H,16-21,23-24H2,1-7H3,(H,37,42)/t29-,30-,31-/m0/s1. The second-order valence-corrected chi connectivity index (χ2v) is 14.5. The van der Waals surface area contributed by atoms with Gasteiger partial charge in [-0.25, -0.2) is 9.59 Å². The molecule has 2 aromatic rings. The average molecular weight is 666 g/mol. The molecule has 12 nitrogen and oxygen atoms in total. The zero-order valence-electron chi connectivity index (χ0n) is 29.3. The lowest BCUT2D eigenvalue weighted by atomic mass is 9.93. The smallest absolute Gasteiger partial charge is 0.411 e. The number of amides is 4. The van der Waals surface area contributed by atoms with E-state index >= 15 is 0 Å². The summed E-state index contributed by atoms with van der Waals surface area (Å²) in [6.45, 7) is 15.1. The highest BCUT2D eigenvalue weighted by molar-refractivity contribution is 5.88. The number of aliphatic hydroxyl groups is 1. The normalized spacial score (nSPS) is 18.7. The van der Waals surface area contributed by atoms with Gasteiger partial charge >= 0.3 is 12.2 Å². The van der Waals surface area contributed by atoms with Crippen molar-refractivity contribution in [2.75, 3.05) is 44.2 Å². The highest BCUT2D eigenvalue weighted by Crippen LogP contribution is 2.25. The number of benzene rings is 2. The summed E-state index contributed by atoms with van der Waals surface area (Å²) in [6, 6.07) is 15.1. The molecule has 2 aliphatic heterocycles. The van der Waals surface area contributed by atoms with Gasteiger partial charge in [0.05, 0.1) is 6.04 Å². The van der Waals surface area contributed by atoms with Crippen molar-refractivity contribution < 1.29 is 33.8 Å². The fraction of sp³-hybridized carbons (Fsp3) is 0.556. The van der Waals surface area contributed by atoms with Crippen molar-refractivity contribution in [3.63, 3.8) is 0 Å². The molecule has 2 aliphatic rings. The van der Waals surface area contributed by atoms with Crippen LogP contribution in [-0.4, -0.2) is 112 Å². The molecule has 12 heteroatoms. The monoisotopic (exact) mass is 665 g/mol. The number of rotatable bonds is 8. The maximum absolute atomic E-state index is 14.1. The van der Waals surface area contributed by atoms with Crippen LogP contribution in [-0.2, 0) is 32.0 Å². The summed E-state index contributed by atoms with van der Waals surface area (Å²) in [6.07, 6.45) is -2.26. The number of aliphatic hydroxyl groups excluding tert-OH is 1. The van der Waals surface area contributed by atoms with Crippen LogP contribution in [0.2, 0.25) is 0 Å². The van der Waals surface area contributed by atoms with Crippen molar-refractivity contribution in [3.05, 3.63) is 65.7 Å². The van der Waals surface area contributed by atoms with Gasteiger partial charge in [0.15, 0.2) is 0 Å². The molecular weight excluding hydrogens is 614 g/mol. The molecule has 0 bridgehead atoms. The van der Waals surface area contributed by atoms with E-state index in [9.17, 15) is 24.3 Å². The number of nitrogens with one attached hydrogen (secondary N) is 1. The van der Waals surface area contributed by atoms with Gasteiger partial charge in [0.25, 0.3) is 0 Å². The van der Waals surface area contributed by atoms with Gasteiger partial charge in [0, 0.05) is 58.4 Å². The first-order valence-electron chi connectivity index (χ1n) is 16.6. The molecule has 4 rings (SSSR count). The Bertz CT molecular complexity index is 1430. The molecule has 0 spiro atoms. The Balaban J connectivity index is 1.54. The fourth-order valence-electron chi connectivity index (χ4n) is 5.96. The molecule has 4 amide bonds. The summed E-state index contributed by atoms with van der Waals surface area (Å²) in [5, 5.41) is 14.8. The van der Waals surface area contributed by atoms with Crippen LogP contribution in [0.15, 0.2) is 54.6 Å². The fourth-order valence-corrected chi connectivity index (χ4v) is 5.96. The first kappa shape index (κ1) is 36.5. The molecule has 2 heterocycles. The lowest BCUT2D eigenvalue weighted by Gasteiger charge is -2.44. The van der Waals surface area contributed by atoms with E-state index in [4.69, 9.17) is 9.47 Å². The zero-order chi connectivity index (χ0) is 35.2. The molecule has 2 saturated heterocycles. The minimum absolute atomic E-state index is 0.159. The van der Waals surface area contributed by atoms with Gasteiger partial charge in [-0.3, -0.25) is 14.5 Å². The number of anilines is 1. The van der Waals surface area contributed by atoms with Crippen LogP contribution < -0.4 is 10.2 Å². The number of nitrogens with zero attached hydrogens (tertiary/aromatic N) is 4. The predicted molar refractivity (Wildman–Crippen MR) is 182 cm³/mol. The van der Waals surface area contributed by atoms with Crippen LogP contribution in [0.5, 0.6) is 0 Å². The van der Waals surface area contributed by atoms with Crippen LogP contribution in [0.1, 0.15) is 59.6 Å².